The van der Waals surface area contributed by atoms with Crippen molar-refractivity contribution in [3.8, 4) is 11.1 Å². The van der Waals surface area contributed by atoms with Crippen LogP contribution in [0.15, 0.2) is 35.5 Å². The van der Waals surface area contributed by atoms with Gasteiger partial charge in [0.2, 0.25) is 0 Å². The van der Waals surface area contributed by atoms with Crippen LogP contribution in [0.3, 0.4) is 0 Å². The zero-order valence-corrected chi connectivity index (χ0v) is 10.6. The van der Waals surface area contributed by atoms with Crippen molar-refractivity contribution in [2.75, 3.05) is 5.73 Å². The zero-order chi connectivity index (χ0) is 12.9. The molecule has 0 aliphatic heterocycles. The van der Waals surface area contributed by atoms with Crippen LogP contribution in [-0.2, 0) is 0 Å². The molecule has 3 nitrogen and oxygen atoms in total. The lowest BCUT2D eigenvalue weighted by Crippen LogP contribution is -1.98. The molecule has 3 rings (SSSR count). The van der Waals surface area contributed by atoms with Gasteiger partial charge in [0.15, 0.2) is 0 Å². The molecule has 1 aliphatic carbocycles. The fraction of sp³-hybridized carbons (Fsp3) is 0. The highest BCUT2D eigenvalue weighted by Crippen LogP contribution is 2.42. The Balaban J connectivity index is 2.42. The van der Waals surface area contributed by atoms with E-state index < -0.39 is 0 Å². The number of hydrogen-bond acceptors (Lipinski definition) is 3. The maximum absolute atomic E-state index is 9.19. The molecule has 90 valence electrons. The van der Waals surface area contributed by atoms with Crippen molar-refractivity contribution in [3.63, 3.8) is 0 Å². The van der Waals surface area contributed by atoms with Crippen molar-refractivity contribution in [2.45, 2.75) is 0 Å². The molecule has 1 aliphatic rings. The standard InChI is InChI=1S/C13H8Cl2N2O/c14-6-1-2-8-9(3-6)13(17-18)10-4-7(15)5-11(16)12(8)10/h1-5,18H,16H2. The van der Waals surface area contributed by atoms with Gasteiger partial charge in [0.1, 0.15) is 5.71 Å². The van der Waals surface area contributed by atoms with E-state index in [9.17, 15) is 5.21 Å². The smallest absolute Gasteiger partial charge is 0.118 e. The lowest BCUT2D eigenvalue weighted by Gasteiger charge is -2.05. The van der Waals surface area contributed by atoms with Gasteiger partial charge in [-0.25, -0.2) is 0 Å². The van der Waals surface area contributed by atoms with Crippen molar-refractivity contribution in [2.24, 2.45) is 5.16 Å². The molecule has 0 heterocycles. The molecule has 0 saturated heterocycles. The molecule has 18 heavy (non-hydrogen) atoms. The molecule has 0 aromatic heterocycles. The van der Waals surface area contributed by atoms with E-state index in [0.717, 1.165) is 22.3 Å². The molecule has 0 unspecified atom stereocenters. The van der Waals surface area contributed by atoms with Gasteiger partial charge in [0.05, 0.1) is 0 Å². The van der Waals surface area contributed by atoms with Crippen LogP contribution in [0.4, 0.5) is 5.69 Å². The van der Waals surface area contributed by atoms with Gasteiger partial charge >= 0.3 is 0 Å². The minimum atomic E-state index is 0.441. The van der Waals surface area contributed by atoms with Crippen LogP contribution in [0.5, 0.6) is 0 Å². The number of anilines is 1. The Labute approximate surface area is 113 Å². The van der Waals surface area contributed by atoms with Crippen LogP contribution in [0.2, 0.25) is 10.0 Å². The highest BCUT2D eigenvalue weighted by molar-refractivity contribution is 6.35. The topological polar surface area (TPSA) is 58.6 Å². The van der Waals surface area contributed by atoms with Gasteiger partial charge in [0.25, 0.3) is 0 Å². The first kappa shape index (κ1) is 11.4. The molecule has 2 aromatic carbocycles. The fourth-order valence-corrected chi connectivity index (χ4v) is 2.70. The number of rotatable bonds is 0. The summed E-state index contributed by atoms with van der Waals surface area (Å²) in [6.07, 6.45) is 0. The predicted octanol–water partition coefficient (Wildman–Crippen LogP) is 3.78. The highest BCUT2D eigenvalue weighted by atomic mass is 35.5. The van der Waals surface area contributed by atoms with E-state index in [4.69, 9.17) is 28.9 Å². The van der Waals surface area contributed by atoms with Gasteiger partial charge < -0.3 is 10.9 Å². The van der Waals surface area contributed by atoms with Crippen LogP contribution in [0.25, 0.3) is 11.1 Å². The third-order valence-electron chi connectivity index (χ3n) is 2.99. The van der Waals surface area contributed by atoms with Crippen LogP contribution < -0.4 is 5.73 Å². The average Bonchev–Trinajstić information content (AvgIpc) is 2.61. The Hall–Kier alpha value is -1.71. The van der Waals surface area contributed by atoms with Crippen molar-refractivity contribution >= 4 is 34.6 Å². The van der Waals surface area contributed by atoms with Crippen molar-refractivity contribution < 1.29 is 5.21 Å². The molecule has 0 bridgehead atoms. The molecule has 0 saturated carbocycles. The first-order valence-corrected chi connectivity index (χ1v) is 5.99. The maximum Gasteiger partial charge on any atom is 0.118 e. The normalized spacial score (nSPS) is 14.7. The number of oxime groups is 1. The number of nitrogen functional groups attached to an aromatic ring is 1. The van der Waals surface area contributed by atoms with E-state index in [2.05, 4.69) is 5.16 Å². The number of nitrogens with zero attached hydrogens (tertiary/aromatic N) is 1. The van der Waals surface area contributed by atoms with Crippen molar-refractivity contribution in [1.29, 1.82) is 0 Å². The van der Waals surface area contributed by atoms with E-state index in [-0.39, 0.29) is 0 Å². The average molecular weight is 279 g/mol. The van der Waals surface area contributed by atoms with E-state index in [1.54, 1.807) is 24.3 Å². The Morgan fingerprint density at radius 3 is 2.39 bits per heavy atom. The summed E-state index contributed by atoms with van der Waals surface area (Å²) in [5, 5.41) is 13.6. The Morgan fingerprint density at radius 1 is 0.944 bits per heavy atom. The quantitative estimate of drug-likeness (QED) is 0.374. The molecule has 2 aromatic rings. The molecule has 0 fully saturated rings. The Kier molecular flexibility index (Phi) is 2.47. The van der Waals surface area contributed by atoms with E-state index in [1.165, 1.54) is 0 Å². The fourth-order valence-electron chi connectivity index (χ4n) is 2.30. The molecule has 0 atom stereocenters. The number of benzene rings is 2. The summed E-state index contributed by atoms with van der Waals surface area (Å²) in [6, 6.07) is 8.80. The molecule has 3 N–H and O–H groups in total. The van der Waals surface area contributed by atoms with Crippen molar-refractivity contribution in [3.05, 3.63) is 51.5 Å². The third-order valence-corrected chi connectivity index (χ3v) is 3.45. The molecule has 0 spiro atoms. The summed E-state index contributed by atoms with van der Waals surface area (Å²) in [5.74, 6) is 0. The molecule has 5 heteroatoms. The van der Waals surface area contributed by atoms with Gasteiger partial charge in [-0.15, -0.1) is 0 Å². The first-order chi connectivity index (χ1) is 8.61. The monoisotopic (exact) mass is 278 g/mol. The maximum atomic E-state index is 9.19. The highest BCUT2D eigenvalue weighted by Gasteiger charge is 2.28. The van der Waals surface area contributed by atoms with E-state index in [1.807, 2.05) is 6.07 Å². The van der Waals surface area contributed by atoms with Crippen LogP contribution in [-0.4, -0.2) is 10.9 Å². The summed E-state index contributed by atoms with van der Waals surface area (Å²) in [5.41, 5.74) is 10.2. The first-order valence-electron chi connectivity index (χ1n) is 5.23. The second-order valence-electron chi connectivity index (χ2n) is 4.06. The molecule has 0 radical (unpaired) electrons. The summed E-state index contributed by atoms with van der Waals surface area (Å²) in [7, 11) is 0. The molecular weight excluding hydrogens is 271 g/mol. The number of nitrogens with two attached hydrogens (primary N) is 1. The number of halogens is 2. The minimum Gasteiger partial charge on any atom is -0.410 e. The molecule has 0 amide bonds. The summed E-state index contributed by atoms with van der Waals surface area (Å²) in [4.78, 5) is 0. The number of hydrogen-bond donors (Lipinski definition) is 2. The lowest BCUT2D eigenvalue weighted by atomic mass is 10.0. The van der Waals surface area contributed by atoms with Gasteiger partial charge in [-0.3, -0.25) is 0 Å². The summed E-state index contributed by atoms with van der Waals surface area (Å²) >= 11 is 11.9. The van der Waals surface area contributed by atoms with Crippen LogP contribution in [0, 0.1) is 0 Å². The minimum absolute atomic E-state index is 0.441. The van der Waals surface area contributed by atoms with Gasteiger partial charge in [-0.1, -0.05) is 34.4 Å². The van der Waals surface area contributed by atoms with Gasteiger partial charge in [-0.05, 0) is 29.8 Å². The van der Waals surface area contributed by atoms with E-state index >= 15 is 0 Å². The largest absolute Gasteiger partial charge is 0.410 e. The van der Waals surface area contributed by atoms with Gasteiger partial charge in [0, 0.05) is 32.4 Å². The van der Waals surface area contributed by atoms with E-state index in [0.29, 0.717) is 21.4 Å². The lowest BCUT2D eigenvalue weighted by molar-refractivity contribution is 0.320. The summed E-state index contributed by atoms with van der Waals surface area (Å²) in [6.45, 7) is 0. The Bertz CT molecular complexity index is 696. The van der Waals surface area contributed by atoms with Crippen molar-refractivity contribution in [1.82, 2.24) is 0 Å². The Morgan fingerprint density at radius 2 is 1.67 bits per heavy atom. The SMILES string of the molecule is Nc1cc(Cl)cc2c1-c1ccc(Cl)cc1C2=NO. The number of fused-ring (bicyclic) bond motifs is 3. The van der Waals surface area contributed by atoms with Crippen LogP contribution in [0.1, 0.15) is 11.1 Å². The predicted molar refractivity (Wildman–Crippen MR) is 73.7 cm³/mol. The zero-order valence-electron chi connectivity index (χ0n) is 9.11. The summed E-state index contributed by atoms with van der Waals surface area (Å²) < 4.78 is 0. The third kappa shape index (κ3) is 1.48. The molecular formula is C13H8Cl2N2O. The second kappa shape index (κ2) is 3.90. The second-order valence-corrected chi connectivity index (χ2v) is 4.93. The van der Waals surface area contributed by atoms with Gasteiger partial charge in [-0.2, -0.15) is 0 Å². The van der Waals surface area contributed by atoms with Crippen LogP contribution >= 0.6 is 23.2 Å².